The zero-order valence-corrected chi connectivity index (χ0v) is 32.4. The van der Waals surface area contributed by atoms with Crippen molar-refractivity contribution in [3.8, 4) is 0 Å². The van der Waals surface area contributed by atoms with Crippen LogP contribution in [0.2, 0.25) is 0 Å². The van der Waals surface area contributed by atoms with Gasteiger partial charge >= 0.3 is 6.03 Å². The Morgan fingerprint density at radius 1 is 0.897 bits per heavy atom. The number of carbonyl (C=O) groups is 4. The average Bonchev–Trinajstić information content (AvgIpc) is 3.85. The minimum atomic E-state index is -0.514. The Morgan fingerprint density at radius 2 is 1.67 bits per heavy atom. The number of pyridine rings is 1. The number of anilines is 3. The topological polar surface area (TPSA) is 153 Å². The highest BCUT2D eigenvalue weighted by atomic mass is 19.1. The van der Waals surface area contributed by atoms with Gasteiger partial charge in [-0.05, 0) is 67.8 Å². The average molecular weight is 788 g/mol. The molecule has 5 amide bonds. The Labute approximate surface area is 334 Å². The van der Waals surface area contributed by atoms with Crippen LogP contribution in [0.4, 0.5) is 26.2 Å². The number of amides is 5. The zero-order chi connectivity index (χ0) is 39.9. The predicted octanol–water partition coefficient (Wildman–Crippen LogP) is 4.21. The van der Waals surface area contributed by atoms with Crippen LogP contribution in [0.3, 0.4) is 0 Å². The first-order chi connectivity index (χ1) is 28.1. The van der Waals surface area contributed by atoms with Crippen molar-refractivity contribution in [3.05, 3.63) is 101 Å². The van der Waals surface area contributed by atoms with Crippen LogP contribution in [0.5, 0.6) is 0 Å². The van der Waals surface area contributed by atoms with Gasteiger partial charge in [0.1, 0.15) is 22.9 Å². The standard InChI is InChI=1S/C42H46FN11O4/c1-27-22-44-41(57)37-20-29-5-9-36(47-39(29)54(27)37)40(56)46-31-23-45-52(26-31)24-28-2-6-32(7-3-28)50-13-10-33(11-14-50)51-18-16-49(17-19-51)25-30-4-8-34(21-35(30)43)53-15-12-38(55)48-42(53)58/h2-9,20-21,23,26-27,33H,10-19,22,24-25H2,1H3,(H,44,57)(H,46,56)(H,48,55,58)/t27-/m1/s1. The number of carbonyl (C=O) groups excluding carboxylic acids is 4. The fourth-order valence-electron chi connectivity index (χ4n) is 8.63. The third kappa shape index (κ3) is 7.64. The molecule has 0 unspecified atom stereocenters. The third-order valence-electron chi connectivity index (χ3n) is 11.9. The van der Waals surface area contributed by atoms with E-state index in [1.54, 1.807) is 35.3 Å². The molecule has 2 aromatic carbocycles. The lowest BCUT2D eigenvalue weighted by atomic mass is 10.0. The van der Waals surface area contributed by atoms with E-state index in [4.69, 9.17) is 0 Å². The number of rotatable bonds is 9. The summed E-state index contributed by atoms with van der Waals surface area (Å²) in [5.41, 5.74) is 5.37. The van der Waals surface area contributed by atoms with Gasteiger partial charge in [0, 0.05) is 99.9 Å². The third-order valence-corrected chi connectivity index (χ3v) is 11.9. The maximum atomic E-state index is 15.1. The number of nitrogens with zero attached hydrogens (tertiary/aromatic N) is 8. The van der Waals surface area contributed by atoms with E-state index in [1.165, 1.54) is 16.7 Å². The van der Waals surface area contributed by atoms with Gasteiger partial charge in [0.15, 0.2) is 0 Å². The maximum Gasteiger partial charge on any atom is 0.328 e. The molecule has 3 aromatic heterocycles. The highest BCUT2D eigenvalue weighted by molar-refractivity contribution is 6.06. The minimum absolute atomic E-state index is 0.0313. The van der Waals surface area contributed by atoms with Crippen LogP contribution in [0.1, 0.15) is 64.3 Å². The number of hydrogen-bond donors (Lipinski definition) is 3. The molecule has 0 saturated carbocycles. The molecule has 0 bridgehead atoms. The van der Waals surface area contributed by atoms with Crippen LogP contribution in [0.25, 0.3) is 11.0 Å². The molecule has 300 valence electrons. The summed E-state index contributed by atoms with van der Waals surface area (Å²) in [6.45, 7) is 9.44. The highest BCUT2D eigenvalue weighted by Crippen LogP contribution is 2.28. The number of imide groups is 1. The van der Waals surface area contributed by atoms with Crippen molar-refractivity contribution in [2.75, 3.05) is 67.5 Å². The Balaban J connectivity index is 0.726. The molecule has 3 N–H and O–H groups in total. The maximum absolute atomic E-state index is 15.1. The van der Waals surface area contributed by atoms with Crippen LogP contribution in [-0.4, -0.2) is 111 Å². The molecule has 0 aliphatic carbocycles. The summed E-state index contributed by atoms with van der Waals surface area (Å²) >= 11 is 0. The lowest BCUT2D eigenvalue weighted by Crippen LogP contribution is -2.53. The Bertz CT molecular complexity index is 2380. The highest BCUT2D eigenvalue weighted by Gasteiger charge is 2.30. The SMILES string of the molecule is C[C@@H]1CNC(=O)c2cc3ccc(C(=O)Nc4cnn(Cc5ccc(N6CCC(N7CCN(Cc8ccc(N9CCC(=O)NC9=O)cc8F)CC7)CC6)cc5)c4)nc3n21. The van der Waals surface area contributed by atoms with Crippen LogP contribution >= 0.6 is 0 Å². The molecule has 4 aliphatic heterocycles. The van der Waals surface area contributed by atoms with Crippen LogP contribution in [0, 0.1) is 5.82 Å². The first-order valence-electron chi connectivity index (χ1n) is 20.0. The Hall–Kier alpha value is -6.13. The second-order valence-corrected chi connectivity index (χ2v) is 15.7. The van der Waals surface area contributed by atoms with Gasteiger partial charge in [-0.1, -0.05) is 18.2 Å². The van der Waals surface area contributed by atoms with E-state index in [9.17, 15) is 19.2 Å². The van der Waals surface area contributed by atoms with E-state index < -0.39 is 6.03 Å². The molecule has 3 saturated heterocycles. The minimum Gasteiger partial charge on any atom is -0.371 e. The molecule has 0 spiro atoms. The van der Waals surface area contributed by atoms with Gasteiger partial charge in [-0.3, -0.25) is 39.1 Å². The van der Waals surface area contributed by atoms with E-state index in [2.05, 4.69) is 65.0 Å². The molecule has 1 atom stereocenters. The molecular weight excluding hydrogens is 742 g/mol. The van der Waals surface area contributed by atoms with Gasteiger partial charge in [-0.2, -0.15) is 5.10 Å². The van der Waals surface area contributed by atoms with Crippen molar-refractivity contribution in [2.45, 2.75) is 51.4 Å². The predicted molar refractivity (Wildman–Crippen MR) is 216 cm³/mol. The summed E-state index contributed by atoms with van der Waals surface area (Å²) in [5.74, 6) is -1.13. The summed E-state index contributed by atoms with van der Waals surface area (Å²) in [6.07, 6.45) is 5.81. The molecule has 0 radical (unpaired) electrons. The van der Waals surface area contributed by atoms with E-state index in [0.29, 0.717) is 54.0 Å². The van der Waals surface area contributed by atoms with Crippen molar-refractivity contribution in [3.63, 3.8) is 0 Å². The molecule has 5 aromatic rings. The largest absolute Gasteiger partial charge is 0.371 e. The van der Waals surface area contributed by atoms with E-state index >= 15 is 4.39 Å². The number of piperazine rings is 1. The molecule has 7 heterocycles. The number of hydrogen-bond acceptors (Lipinski definition) is 9. The zero-order valence-electron chi connectivity index (χ0n) is 32.4. The Kier molecular flexibility index (Phi) is 10.1. The first kappa shape index (κ1) is 37.4. The summed E-state index contributed by atoms with van der Waals surface area (Å²) in [7, 11) is 0. The Morgan fingerprint density at radius 3 is 2.43 bits per heavy atom. The van der Waals surface area contributed by atoms with Gasteiger partial charge < -0.3 is 20.1 Å². The number of benzene rings is 2. The lowest BCUT2D eigenvalue weighted by Gasteiger charge is -2.43. The van der Waals surface area contributed by atoms with E-state index in [-0.39, 0.29) is 48.2 Å². The van der Waals surface area contributed by atoms with Crippen molar-refractivity contribution in [1.82, 2.24) is 39.8 Å². The fraction of sp³-hybridized carbons (Fsp3) is 0.381. The number of urea groups is 1. The molecule has 58 heavy (non-hydrogen) atoms. The van der Waals surface area contributed by atoms with Gasteiger partial charge in [0.05, 0.1) is 24.5 Å². The summed E-state index contributed by atoms with van der Waals surface area (Å²) in [4.78, 5) is 62.5. The van der Waals surface area contributed by atoms with Gasteiger partial charge in [0.25, 0.3) is 11.8 Å². The summed E-state index contributed by atoms with van der Waals surface area (Å²) in [5, 5.41) is 13.4. The number of piperidine rings is 1. The molecule has 3 fully saturated rings. The molecule has 16 heteroatoms. The quantitative estimate of drug-likeness (QED) is 0.200. The van der Waals surface area contributed by atoms with Crippen LogP contribution < -0.4 is 25.8 Å². The molecule has 9 rings (SSSR count). The van der Waals surface area contributed by atoms with Crippen LogP contribution in [-0.2, 0) is 17.9 Å². The van der Waals surface area contributed by atoms with Gasteiger partial charge in [-0.25, -0.2) is 14.2 Å². The van der Waals surface area contributed by atoms with Crippen molar-refractivity contribution in [1.29, 1.82) is 0 Å². The summed E-state index contributed by atoms with van der Waals surface area (Å²) < 4.78 is 18.8. The fourth-order valence-corrected chi connectivity index (χ4v) is 8.63. The first-order valence-corrected chi connectivity index (χ1v) is 20.0. The summed E-state index contributed by atoms with van der Waals surface area (Å²) in [6, 6.07) is 18.8. The van der Waals surface area contributed by atoms with E-state index in [1.807, 2.05) is 23.6 Å². The smallest absolute Gasteiger partial charge is 0.328 e. The monoisotopic (exact) mass is 787 g/mol. The van der Waals surface area contributed by atoms with Crippen molar-refractivity contribution < 1.29 is 23.6 Å². The number of nitrogens with one attached hydrogen (secondary N) is 3. The van der Waals surface area contributed by atoms with Crippen LogP contribution in [0.15, 0.2) is 73.1 Å². The molecule has 15 nitrogen and oxygen atoms in total. The lowest BCUT2D eigenvalue weighted by molar-refractivity contribution is -0.120. The number of aromatic nitrogens is 4. The van der Waals surface area contributed by atoms with Gasteiger partial charge in [-0.15, -0.1) is 0 Å². The van der Waals surface area contributed by atoms with Crippen molar-refractivity contribution in [2.24, 2.45) is 0 Å². The number of fused-ring (bicyclic) bond motifs is 3. The van der Waals surface area contributed by atoms with Crippen molar-refractivity contribution >= 4 is 51.8 Å². The molecular formula is C42H46FN11O4. The van der Waals surface area contributed by atoms with E-state index in [0.717, 1.165) is 63.1 Å². The van der Waals surface area contributed by atoms with Gasteiger partial charge in [0.2, 0.25) is 5.91 Å². The second-order valence-electron chi connectivity index (χ2n) is 15.7. The number of halogens is 1. The normalized spacial score (nSPS) is 19.6. The second kappa shape index (κ2) is 15.7. The molecule has 4 aliphatic rings.